The molecule has 2 N–H and O–H groups in total. The van der Waals surface area contributed by atoms with Crippen molar-refractivity contribution in [2.45, 2.75) is 13.8 Å². The Morgan fingerprint density at radius 1 is 1.03 bits per heavy atom. The highest BCUT2D eigenvalue weighted by Crippen LogP contribution is 2.42. The molecule has 1 aliphatic rings. The molecule has 0 aromatic heterocycles. The van der Waals surface area contributed by atoms with Gasteiger partial charge < -0.3 is 10.4 Å². The van der Waals surface area contributed by atoms with E-state index in [-0.39, 0.29) is 30.1 Å². The summed E-state index contributed by atoms with van der Waals surface area (Å²) in [4.78, 5) is 39.1. The Morgan fingerprint density at radius 2 is 1.67 bits per heavy atom. The summed E-state index contributed by atoms with van der Waals surface area (Å²) in [5.74, 6) is -1.07. The van der Waals surface area contributed by atoms with Crippen molar-refractivity contribution in [1.82, 2.24) is 0 Å². The lowest BCUT2D eigenvalue weighted by Gasteiger charge is -2.30. The van der Waals surface area contributed by atoms with Gasteiger partial charge in [-0.25, -0.2) is 4.90 Å². The van der Waals surface area contributed by atoms with Crippen LogP contribution in [0.3, 0.4) is 0 Å². The Kier molecular flexibility index (Phi) is 4.71. The lowest BCUT2D eigenvalue weighted by molar-refractivity contribution is -0.383. The van der Waals surface area contributed by atoms with Crippen molar-refractivity contribution >= 4 is 39.6 Å². The van der Waals surface area contributed by atoms with Gasteiger partial charge >= 0.3 is 0 Å². The van der Waals surface area contributed by atoms with Crippen molar-refractivity contribution in [2.75, 3.05) is 23.4 Å². The van der Waals surface area contributed by atoms with E-state index in [4.69, 9.17) is 5.11 Å². The second kappa shape index (κ2) is 7.23. The zero-order chi connectivity index (χ0) is 21.6. The average Bonchev–Trinajstić information content (AvgIpc) is 2.72. The molecular formula is C22H19N3O5. The van der Waals surface area contributed by atoms with E-state index in [9.17, 15) is 19.7 Å². The number of imide groups is 1. The van der Waals surface area contributed by atoms with E-state index in [1.54, 1.807) is 18.2 Å². The first-order valence-electron chi connectivity index (χ1n) is 9.40. The van der Waals surface area contributed by atoms with Gasteiger partial charge in [0.15, 0.2) is 0 Å². The zero-order valence-corrected chi connectivity index (χ0v) is 16.4. The van der Waals surface area contributed by atoms with Crippen LogP contribution in [0.25, 0.3) is 10.8 Å². The normalized spacial score (nSPS) is 13.1. The number of nitro groups is 1. The third-order valence-electron chi connectivity index (χ3n) is 5.28. The summed E-state index contributed by atoms with van der Waals surface area (Å²) in [6.07, 6.45) is 0. The number of aliphatic hydroxyl groups is 1. The summed E-state index contributed by atoms with van der Waals surface area (Å²) in [5.41, 5.74) is 2.28. The first-order chi connectivity index (χ1) is 14.4. The van der Waals surface area contributed by atoms with Gasteiger partial charge in [0.2, 0.25) is 0 Å². The van der Waals surface area contributed by atoms with Crippen molar-refractivity contribution < 1.29 is 19.6 Å². The maximum atomic E-state index is 13.4. The van der Waals surface area contributed by atoms with Gasteiger partial charge in [0.1, 0.15) is 5.69 Å². The number of carbonyl (C=O) groups is 2. The quantitative estimate of drug-likeness (QED) is 0.381. The zero-order valence-electron chi connectivity index (χ0n) is 16.4. The van der Waals surface area contributed by atoms with Gasteiger partial charge in [-0.2, -0.15) is 0 Å². The smallest absolute Gasteiger partial charge is 0.293 e. The molecule has 0 bridgehead atoms. The number of aliphatic hydroxyl groups excluding tert-OH is 1. The average molecular weight is 405 g/mol. The van der Waals surface area contributed by atoms with Crippen LogP contribution in [0.2, 0.25) is 0 Å². The van der Waals surface area contributed by atoms with Crippen LogP contribution in [-0.4, -0.2) is 35.0 Å². The molecule has 0 radical (unpaired) electrons. The van der Waals surface area contributed by atoms with Gasteiger partial charge in [-0.3, -0.25) is 19.7 Å². The molecule has 0 saturated heterocycles. The van der Waals surface area contributed by atoms with E-state index in [1.165, 1.54) is 6.07 Å². The number of hydrogen-bond donors (Lipinski definition) is 2. The highest BCUT2D eigenvalue weighted by molar-refractivity contribution is 6.37. The number of carbonyl (C=O) groups excluding carboxylic acids is 2. The number of para-hydroxylation sites is 1. The number of nitrogens with zero attached hydrogens (tertiary/aromatic N) is 2. The molecule has 4 rings (SSSR count). The summed E-state index contributed by atoms with van der Waals surface area (Å²) in [7, 11) is 0. The number of rotatable bonds is 5. The van der Waals surface area contributed by atoms with E-state index in [2.05, 4.69) is 5.32 Å². The minimum Gasteiger partial charge on any atom is -0.395 e. The van der Waals surface area contributed by atoms with Crippen molar-refractivity contribution in [3.63, 3.8) is 0 Å². The topological polar surface area (TPSA) is 113 Å². The largest absolute Gasteiger partial charge is 0.395 e. The maximum absolute atomic E-state index is 13.4. The van der Waals surface area contributed by atoms with Gasteiger partial charge in [-0.15, -0.1) is 0 Å². The van der Waals surface area contributed by atoms with Gasteiger partial charge in [-0.05, 0) is 31.0 Å². The van der Waals surface area contributed by atoms with E-state index in [1.807, 2.05) is 32.0 Å². The molecule has 0 atom stereocenters. The van der Waals surface area contributed by atoms with E-state index >= 15 is 0 Å². The molecule has 1 aliphatic heterocycles. The minimum absolute atomic E-state index is 0.0932. The molecule has 0 fully saturated rings. The molecule has 1 heterocycles. The SMILES string of the molecule is Cc1cccc(C)c1N1C(=O)c2cccc3c(NCCO)c([N+](=O)[O-])cc(c23)C1=O. The lowest BCUT2D eigenvalue weighted by Crippen LogP contribution is -2.41. The number of aryl methyl sites for hydroxylation is 2. The predicted molar refractivity (Wildman–Crippen MR) is 113 cm³/mol. The Hall–Kier alpha value is -3.78. The van der Waals surface area contributed by atoms with Crippen molar-refractivity contribution in [2.24, 2.45) is 0 Å². The first kappa shape index (κ1) is 19.5. The highest BCUT2D eigenvalue weighted by atomic mass is 16.6. The molecule has 8 nitrogen and oxygen atoms in total. The fourth-order valence-electron chi connectivity index (χ4n) is 4.02. The highest BCUT2D eigenvalue weighted by Gasteiger charge is 2.38. The fraction of sp³-hybridized carbons (Fsp3) is 0.182. The second-order valence-electron chi connectivity index (χ2n) is 7.14. The number of amides is 2. The molecule has 0 saturated carbocycles. The molecule has 152 valence electrons. The van der Waals surface area contributed by atoms with Crippen LogP contribution >= 0.6 is 0 Å². The molecule has 2 amide bonds. The van der Waals surface area contributed by atoms with Gasteiger partial charge in [0, 0.05) is 28.9 Å². The van der Waals surface area contributed by atoms with Crippen LogP contribution in [0.4, 0.5) is 17.1 Å². The Balaban J connectivity index is 2.04. The first-order valence-corrected chi connectivity index (χ1v) is 9.40. The Bertz CT molecular complexity index is 1210. The van der Waals surface area contributed by atoms with Crippen molar-refractivity contribution in [1.29, 1.82) is 0 Å². The summed E-state index contributed by atoms with van der Waals surface area (Å²) >= 11 is 0. The second-order valence-corrected chi connectivity index (χ2v) is 7.14. The predicted octanol–water partition coefficient (Wildman–Crippen LogP) is 3.57. The Labute approximate surface area is 171 Å². The number of anilines is 2. The molecular weight excluding hydrogens is 386 g/mol. The van der Waals surface area contributed by atoms with Crippen LogP contribution in [0.1, 0.15) is 31.8 Å². The van der Waals surface area contributed by atoms with Crippen molar-refractivity contribution in [3.05, 3.63) is 74.8 Å². The standard InChI is InChI=1S/C22H19N3O5/c1-12-5-3-6-13(2)20(12)24-21(27)15-8-4-7-14-18(15)16(22(24)28)11-17(25(29)30)19(14)23-9-10-26/h3-8,11,23,26H,9-10H2,1-2H3. The molecule has 30 heavy (non-hydrogen) atoms. The maximum Gasteiger partial charge on any atom is 0.293 e. The summed E-state index contributed by atoms with van der Waals surface area (Å²) in [6, 6.07) is 11.5. The molecule has 3 aromatic carbocycles. The van der Waals surface area contributed by atoms with Crippen LogP contribution < -0.4 is 10.2 Å². The summed E-state index contributed by atoms with van der Waals surface area (Å²) < 4.78 is 0. The van der Waals surface area contributed by atoms with Crippen LogP contribution in [0.5, 0.6) is 0 Å². The van der Waals surface area contributed by atoms with Crippen LogP contribution in [0, 0.1) is 24.0 Å². The van der Waals surface area contributed by atoms with Crippen LogP contribution in [-0.2, 0) is 0 Å². The van der Waals surface area contributed by atoms with Gasteiger partial charge in [-0.1, -0.05) is 30.3 Å². The van der Waals surface area contributed by atoms with E-state index in [0.29, 0.717) is 22.0 Å². The van der Waals surface area contributed by atoms with Gasteiger partial charge in [0.25, 0.3) is 17.5 Å². The third-order valence-corrected chi connectivity index (χ3v) is 5.28. The number of nitrogens with one attached hydrogen (secondary N) is 1. The minimum atomic E-state index is -0.599. The number of benzene rings is 3. The van der Waals surface area contributed by atoms with E-state index < -0.39 is 16.7 Å². The fourth-order valence-corrected chi connectivity index (χ4v) is 4.02. The summed E-state index contributed by atoms with van der Waals surface area (Å²) in [6.45, 7) is 3.49. The molecule has 8 heteroatoms. The number of nitro benzene ring substituents is 1. The Morgan fingerprint density at radius 3 is 2.30 bits per heavy atom. The molecule has 0 spiro atoms. The monoisotopic (exact) mass is 405 g/mol. The third kappa shape index (κ3) is 2.81. The summed E-state index contributed by atoms with van der Waals surface area (Å²) in [5, 5.41) is 24.5. The van der Waals surface area contributed by atoms with Gasteiger partial charge in [0.05, 0.1) is 22.8 Å². The van der Waals surface area contributed by atoms with Crippen molar-refractivity contribution in [3.8, 4) is 0 Å². The number of hydrogen-bond acceptors (Lipinski definition) is 6. The molecule has 0 aliphatic carbocycles. The van der Waals surface area contributed by atoms with E-state index in [0.717, 1.165) is 16.0 Å². The lowest BCUT2D eigenvalue weighted by atomic mass is 9.91. The molecule has 3 aromatic rings. The molecule has 0 unspecified atom stereocenters. The van der Waals surface area contributed by atoms with Crippen LogP contribution in [0.15, 0.2) is 42.5 Å².